The van der Waals surface area contributed by atoms with Crippen molar-refractivity contribution in [2.45, 2.75) is 50.0 Å². The smallest absolute Gasteiger partial charge is 0.382 e. The molecule has 1 aliphatic heterocycles. The maximum Gasteiger partial charge on any atom is 0.417 e. The van der Waals surface area contributed by atoms with Gasteiger partial charge in [-0.2, -0.15) is 24.5 Å². The molecule has 0 atom stereocenters. The summed E-state index contributed by atoms with van der Waals surface area (Å²) in [5, 5.41) is 14.6. The van der Waals surface area contributed by atoms with Gasteiger partial charge in [-0.25, -0.2) is 4.98 Å². The molecule has 5 rings (SSSR count). The number of piperidine rings is 1. The molecule has 2 aliphatic rings. The highest BCUT2D eigenvalue weighted by molar-refractivity contribution is 7.08. The number of nitrogens with zero attached hydrogens (tertiary/aromatic N) is 2. The average molecular weight is 530 g/mol. The topological polar surface area (TPSA) is 69.3 Å². The largest absolute Gasteiger partial charge is 0.417 e. The highest BCUT2D eigenvalue weighted by Gasteiger charge is 2.36. The van der Waals surface area contributed by atoms with Crippen LogP contribution in [-0.2, 0) is 0 Å². The van der Waals surface area contributed by atoms with E-state index in [1.54, 1.807) is 23.6 Å². The molecule has 1 amide bonds. The Kier molecular flexibility index (Phi) is 7.13. The van der Waals surface area contributed by atoms with Crippen molar-refractivity contribution in [2.75, 3.05) is 30.8 Å². The lowest BCUT2D eigenvalue weighted by molar-refractivity contribution is -0.0688. The Bertz CT molecular complexity index is 1280. The van der Waals surface area contributed by atoms with Gasteiger partial charge in [0, 0.05) is 45.5 Å². The van der Waals surface area contributed by atoms with E-state index >= 15 is 0 Å². The lowest BCUT2D eigenvalue weighted by atomic mass is 9.86. The summed E-state index contributed by atoms with van der Waals surface area (Å²) in [6, 6.07) is 9.18. The van der Waals surface area contributed by atoms with Gasteiger partial charge in [-0.05, 0) is 69.4 Å². The SMILES string of the molecule is C=C(c1nc(NC2CC(NC(=O)c3ccsc3)C2)cc2c(NC3CCN(C)CC3)cccc12)C(F)(F)F. The number of rotatable bonds is 7. The van der Waals surface area contributed by atoms with Crippen LogP contribution >= 0.6 is 11.3 Å². The molecule has 2 fully saturated rings. The van der Waals surface area contributed by atoms with Crippen LogP contribution in [0.3, 0.4) is 0 Å². The van der Waals surface area contributed by atoms with Crippen molar-refractivity contribution >= 4 is 45.1 Å². The molecule has 1 aromatic carbocycles. The van der Waals surface area contributed by atoms with Crippen molar-refractivity contribution in [1.82, 2.24) is 15.2 Å². The number of alkyl halides is 3. The molecule has 37 heavy (non-hydrogen) atoms. The van der Waals surface area contributed by atoms with Gasteiger partial charge < -0.3 is 20.9 Å². The van der Waals surface area contributed by atoms with Gasteiger partial charge in [-0.15, -0.1) is 0 Å². The minimum atomic E-state index is -4.59. The standard InChI is InChI=1S/C27H30F3N5OS/c1-16(27(28,29)30)25-21-4-3-5-23(31-18-6-9-35(2)10-7-18)22(21)14-24(34-25)32-19-12-20(13-19)33-26(36)17-8-11-37-15-17/h3-5,8,11,14-15,18-20,31H,1,6-7,9-10,12-13H2,2H3,(H,32,34)(H,33,36). The van der Waals surface area contributed by atoms with E-state index in [-0.39, 0.29) is 29.7 Å². The molecule has 2 aromatic heterocycles. The Labute approximate surface area is 218 Å². The summed E-state index contributed by atoms with van der Waals surface area (Å²) in [7, 11) is 2.09. The number of hydrogen-bond donors (Lipinski definition) is 3. The number of carbonyl (C=O) groups is 1. The minimum absolute atomic E-state index is 0.00118. The summed E-state index contributed by atoms with van der Waals surface area (Å²) in [5.74, 6) is 0.264. The second kappa shape index (κ2) is 10.3. The fourth-order valence-electron chi connectivity index (χ4n) is 4.94. The zero-order valence-electron chi connectivity index (χ0n) is 20.6. The molecule has 0 radical (unpaired) electrons. The van der Waals surface area contributed by atoms with Crippen LogP contribution in [0, 0.1) is 0 Å². The second-order valence-electron chi connectivity index (χ2n) is 9.95. The molecule has 196 valence electrons. The Balaban J connectivity index is 1.37. The number of fused-ring (bicyclic) bond motifs is 1. The van der Waals surface area contributed by atoms with Gasteiger partial charge in [0.25, 0.3) is 5.91 Å². The fourth-order valence-corrected chi connectivity index (χ4v) is 5.57. The highest BCUT2D eigenvalue weighted by Crippen LogP contribution is 2.38. The van der Waals surface area contributed by atoms with Crippen molar-refractivity contribution in [3.05, 3.63) is 58.9 Å². The van der Waals surface area contributed by atoms with Crippen LogP contribution in [0.4, 0.5) is 24.7 Å². The van der Waals surface area contributed by atoms with Gasteiger partial charge in [-0.1, -0.05) is 18.7 Å². The number of allylic oxidation sites excluding steroid dienone is 1. The fraction of sp³-hybridized carbons (Fsp3) is 0.407. The van der Waals surface area contributed by atoms with Crippen LogP contribution in [0.25, 0.3) is 16.3 Å². The molecular formula is C27H30F3N5OS. The van der Waals surface area contributed by atoms with Crippen molar-refractivity contribution < 1.29 is 18.0 Å². The molecule has 3 N–H and O–H groups in total. The third-order valence-corrected chi connectivity index (χ3v) is 7.87. The molecule has 3 aromatic rings. The van der Waals surface area contributed by atoms with Crippen LogP contribution in [0.1, 0.15) is 41.7 Å². The summed E-state index contributed by atoms with van der Waals surface area (Å²) in [4.78, 5) is 18.9. The molecule has 0 spiro atoms. The summed E-state index contributed by atoms with van der Waals surface area (Å²) in [6.45, 7) is 5.28. The van der Waals surface area contributed by atoms with E-state index in [0.717, 1.165) is 31.6 Å². The van der Waals surface area contributed by atoms with E-state index in [2.05, 4.69) is 39.5 Å². The van der Waals surface area contributed by atoms with Crippen molar-refractivity contribution in [1.29, 1.82) is 0 Å². The van der Waals surface area contributed by atoms with E-state index in [1.807, 2.05) is 17.5 Å². The van der Waals surface area contributed by atoms with Crippen molar-refractivity contribution in [2.24, 2.45) is 0 Å². The number of nitrogens with one attached hydrogen (secondary N) is 3. The Hall–Kier alpha value is -3.11. The third kappa shape index (κ3) is 5.75. The van der Waals surface area contributed by atoms with Gasteiger partial charge in [0.15, 0.2) is 0 Å². The van der Waals surface area contributed by atoms with Gasteiger partial charge >= 0.3 is 6.18 Å². The number of likely N-dealkylation sites (tertiary alicyclic amines) is 1. The lowest BCUT2D eigenvalue weighted by Crippen LogP contribution is -2.49. The van der Waals surface area contributed by atoms with Crippen molar-refractivity contribution in [3.63, 3.8) is 0 Å². The van der Waals surface area contributed by atoms with E-state index in [0.29, 0.717) is 35.0 Å². The highest BCUT2D eigenvalue weighted by atomic mass is 32.1. The number of carbonyl (C=O) groups excluding carboxylic acids is 1. The lowest BCUT2D eigenvalue weighted by Gasteiger charge is -2.36. The molecule has 3 heterocycles. The molecule has 1 aliphatic carbocycles. The summed E-state index contributed by atoms with van der Waals surface area (Å²) in [5.41, 5.74) is 0.300. The van der Waals surface area contributed by atoms with Crippen molar-refractivity contribution in [3.8, 4) is 0 Å². The predicted molar refractivity (Wildman–Crippen MR) is 143 cm³/mol. The number of benzene rings is 1. The van der Waals surface area contributed by atoms with Crippen LogP contribution < -0.4 is 16.0 Å². The average Bonchev–Trinajstić information content (AvgIpc) is 3.38. The molecule has 10 heteroatoms. The predicted octanol–water partition coefficient (Wildman–Crippen LogP) is 5.75. The number of amides is 1. The zero-order chi connectivity index (χ0) is 26.2. The Morgan fingerprint density at radius 1 is 1.08 bits per heavy atom. The zero-order valence-corrected chi connectivity index (χ0v) is 21.4. The molecule has 1 saturated heterocycles. The first-order chi connectivity index (χ1) is 17.7. The van der Waals surface area contributed by atoms with E-state index in [9.17, 15) is 18.0 Å². The molecule has 1 saturated carbocycles. The van der Waals surface area contributed by atoms with Crippen LogP contribution in [0.15, 0.2) is 47.7 Å². The van der Waals surface area contributed by atoms with Gasteiger partial charge in [0.2, 0.25) is 0 Å². The first-order valence-corrected chi connectivity index (χ1v) is 13.4. The van der Waals surface area contributed by atoms with Crippen LogP contribution in [0.5, 0.6) is 0 Å². The third-order valence-electron chi connectivity index (χ3n) is 7.19. The monoisotopic (exact) mass is 529 g/mol. The summed E-state index contributed by atoms with van der Waals surface area (Å²) in [6.07, 6.45) is -1.33. The maximum atomic E-state index is 13.7. The summed E-state index contributed by atoms with van der Waals surface area (Å²) >= 11 is 1.47. The first kappa shape index (κ1) is 25.5. The van der Waals surface area contributed by atoms with Crippen LogP contribution in [0.2, 0.25) is 0 Å². The van der Waals surface area contributed by atoms with E-state index in [1.165, 1.54) is 11.3 Å². The van der Waals surface area contributed by atoms with Gasteiger partial charge in [0.1, 0.15) is 5.82 Å². The minimum Gasteiger partial charge on any atom is -0.382 e. The number of hydrogen-bond acceptors (Lipinski definition) is 6. The Morgan fingerprint density at radius 2 is 1.84 bits per heavy atom. The van der Waals surface area contributed by atoms with Gasteiger partial charge in [-0.3, -0.25) is 4.79 Å². The number of thiophene rings is 1. The summed E-state index contributed by atoms with van der Waals surface area (Å²) < 4.78 is 41.1. The molecule has 0 unspecified atom stereocenters. The Morgan fingerprint density at radius 3 is 2.51 bits per heavy atom. The van der Waals surface area contributed by atoms with Crippen LogP contribution in [-0.4, -0.2) is 60.2 Å². The van der Waals surface area contributed by atoms with Gasteiger partial charge in [0.05, 0.1) is 11.3 Å². The molecule has 6 nitrogen and oxygen atoms in total. The first-order valence-electron chi connectivity index (χ1n) is 12.4. The normalized spacial score (nSPS) is 20.9. The van der Waals surface area contributed by atoms with E-state index < -0.39 is 11.7 Å². The molecular weight excluding hydrogens is 499 g/mol. The van der Waals surface area contributed by atoms with E-state index in [4.69, 9.17) is 0 Å². The maximum absolute atomic E-state index is 13.7. The number of aromatic nitrogens is 1. The number of halogens is 3. The number of pyridine rings is 1. The second-order valence-corrected chi connectivity index (χ2v) is 10.7. The molecule has 0 bridgehead atoms. The number of anilines is 2. The quantitative estimate of drug-likeness (QED) is 0.364.